The van der Waals surface area contributed by atoms with Crippen molar-refractivity contribution in [3.05, 3.63) is 12.7 Å². The van der Waals surface area contributed by atoms with E-state index in [0.717, 1.165) is 18.9 Å². The van der Waals surface area contributed by atoms with Crippen LogP contribution in [-0.4, -0.2) is 21.5 Å². The fraction of sp³-hybridized carbons (Fsp3) is 0.750. The van der Waals surface area contributed by atoms with Crippen LogP contribution in [0.5, 0.6) is 0 Å². The molecule has 0 amide bonds. The van der Waals surface area contributed by atoms with Gasteiger partial charge in [-0.15, -0.1) is 0 Å². The highest BCUT2D eigenvalue weighted by Crippen LogP contribution is 2.47. The number of esters is 1. The molecule has 0 saturated carbocycles. The van der Waals surface area contributed by atoms with E-state index in [1.165, 1.54) is 0 Å². The molecule has 0 aromatic rings. The van der Waals surface area contributed by atoms with Gasteiger partial charge in [-0.05, 0) is 6.42 Å². The molecule has 0 aliphatic carbocycles. The van der Waals surface area contributed by atoms with Crippen molar-refractivity contribution >= 4 is 13.8 Å². The zero-order valence-electron chi connectivity index (χ0n) is 11.7. The van der Waals surface area contributed by atoms with Crippen molar-refractivity contribution in [2.75, 3.05) is 0 Å². The predicted molar refractivity (Wildman–Crippen MR) is 71.1 cm³/mol. The molecule has 0 spiro atoms. The number of unbranched alkanes of at least 4 members (excludes halogenated alkanes) is 1. The number of phosphoric acid groups is 1. The molecular formula is C12H23O6P. The molecule has 2 unspecified atom stereocenters. The summed E-state index contributed by atoms with van der Waals surface area (Å²) in [6, 6.07) is 0. The van der Waals surface area contributed by atoms with Gasteiger partial charge >= 0.3 is 13.8 Å². The molecule has 0 fully saturated rings. The van der Waals surface area contributed by atoms with Crippen LogP contribution in [0.2, 0.25) is 0 Å². The summed E-state index contributed by atoms with van der Waals surface area (Å²) in [6.45, 7) is 8.66. The van der Waals surface area contributed by atoms with E-state index < -0.39 is 19.6 Å². The van der Waals surface area contributed by atoms with Crippen LogP contribution < -0.4 is 0 Å². The van der Waals surface area contributed by atoms with Crippen LogP contribution in [0, 0.1) is 5.92 Å². The monoisotopic (exact) mass is 294 g/mol. The number of carbonyl (C=O) groups is 1. The minimum absolute atomic E-state index is 0.141. The number of rotatable bonds is 9. The molecule has 7 heteroatoms. The minimum atomic E-state index is -4.77. The average Bonchev–Trinajstić information content (AvgIpc) is 2.32. The van der Waals surface area contributed by atoms with Crippen LogP contribution in [-0.2, 0) is 18.6 Å². The van der Waals surface area contributed by atoms with E-state index in [4.69, 9.17) is 19.0 Å². The van der Waals surface area contributed by atoms with Crippen LogP contribution in [0.3, 0.4) is 0 Å². The second kappa shape index (κ2) is 7.80. The number of ether oxygens (including phenoxy) is 1. The summed E-state index contributed by atoms with van der Waals surface area (Å²) < 4.78 is 21.0. The van der Waals surface area contributed by atoms with Gasteiger partial charge in [0.1, 0.15) is 0 Å². The fourth-order valence-corrected chi connectivity index (χ4v) is 2.59. The van der Waals surface area contributed by atoms with Crippen molar-refractivity contribution in [1.82, 2.24) is 0 Å². The molecule has 2 atom stereocenters. The summed E-state index contributed by atoms with van der Waals surface area (Å²) in [4.78, 5) is 29.4. The van der Waals surface area contributed by atoms with E-state index in [0.29, 0.717) is 6.42 Å². The Morgan fingerprint density at radius 2 is 2.05 bits per heavy atom. The second-order valence-corrected chi connectivity index (χ2v) is 5.58. The quantitative estimate of drug-likeness (QED) is 0.294. The first-order chi connectivity index (χ1) is 8.70. The van der Waals surface area contributed by atoms with Gasteiger partial charge in [-0.3, -0.25) is 0 Å². The second-order valence-electron chi connectivity index (χ2n) is 4.42. The maximum absolute atomic E-state index is 11.4. The number of hydrogen-bond acceptors (Lipinski definition) is 4. The normalized spacial score (nSPS) is 16.5. The highest BCUT2D eigenvalue weighted by molar-refractivity contribution is 7.46. The Morgan fingerprint density at radius 3 is 2.42 bits per heavy atom. The molecule has 0 radical (unpaired) electrons. The van der Waals surface area contributed by atoms with Gasteiger partial charge in [-0.2, -0.15) is 0 Å². The summed E-state index contributed by atoms with van der Waals surface area (Å²) in [5, 5.41) is 0. The zero-order valence-corrected chi connectivity index (χ0v) is 12.6. The zero-order chi connectivity index (χ0) is 15.1. The van der Waals surface area contributed by atoms with Crippen molar-refractivity contribution in [3.8, 4) is 0 Å². The maximum Gasteiger partial charge on any atom is 0.472 e. The van der Waals surface area contributed by atoms with E-state index in [-0.39, 0.29) is 12.3 Å². The fourth-order valence-electron chi connectivity index (χ4n) is 1.84. The summed E-state index contributed by atoms with van der Waals surface area (Å²) in [6.07, 6.45) is 3.49. The van der Waals surface area contributed by atoms with Gasteiger partial charge in [0.15, 0.2) is 0 Å². The first-order valence-corrected chi connectivity index (χ1v) is 7.85. The lowest BCUT2D eigenvalue weighted by molar-refractivity contribution is -0.219. The summed E-state index contributed by atoms with van der Waals surface area (Å²) in [7, 11) is -4.77. The van der Waals surface area contributed by atoms with Crippen LogP contribution in [0.1, 0.15) is 46.5 Å². The van der Waals surface area contributed by atoms with Gasteiger partial charge in [0.05, 0.1) is 0 Å². The molecule has 2 N–H and O–H groups in total. The minimum Gasteiger partial charge on any atom is -0.429 e. The SMILES string of the molecule is C=CC(=O)OC(CC)(OP(=O)(O)O)C(C)CCCC. The van der Waals surface area contributed by atoms with Gasteiger partial charge in [0.2, 0.25) is 5.79 Å². The Labute approximate surface area is 114 Å². The lowest BCUT2D eigenvalue weighted by Gasteiger charge is -2.36. The van der Waals surface area contributed by atoms with Gasteiger partial charge in [0, 0.05) is 18.4 Å². The van der Waals surface area contributed by atoms with E-state index in [1.807, 2.05) is 6.92 Å². The summed E-state index contributed by atoms with van der Waals surface area (Å²) in [5.74, 6) is -2.73. The van der Waals surface area contributed by atoms with Crippen LogP contribution in [0.25, 0.3) is 0 Å². The Balaban J connectivity index is 5.20. The average molecular weight is 294 g/mol. The van der Waals surface area contributed by atoms with Crippen molar-refractivity contribution in [3.63, 3.8) is 0 Å². The lowest BCUT2D eigenvalue weighted by Crippen LogP contribution is -2.42. The number of carbonyl (C=O) groups excluding carboxylic acids is 1. The standard InChI is InChI=1S/C12H23O6P/c1-5-8-9-10(4)12(7-3,17-11(13)6-2)18-19(14,15)16/h6,10H,2,5,7-9H2,1,3-4H3,(H2,14,15,16). The van der Waals surface area contributed by atoms with E-state index in [1.54, 1.807) is 13.8 Å². The molecule has 6 nitrogen and oxygen atoms in total. The predicted octanol–water partition coefficient (Wildman–Crippen LogP) is 2.76. The van der Waals surface area contributed by atoms with Crippen LogP contribution in [0.4, 0.5) is 0 Å². The summed E-state index contributed by atoms with van der Waals surface area (Å²) in [5.41, 5.74) is 0. The topological polar surface area (TPSA) is 93.1 Å². The molecule has 0 aliphatic rings. The highest BCUT2D eigenvalue weighted by Gasteiger charge is 2.44. The first-order valence-electron chi connectivity index (χ1n) is 6.32. The first kappa shape index (κ1) is 18.3. The van der Waals surface area contributed by atoms with Gasteiger partial charge in [-0.25, -0.2) is 13.9 Å². The molecule has 19 heavy (non-hydrogen) atoms. The van der Waals surface area contributed by atoms with Crippen molar-refractivity contribution in [1.29, 1.82) is 0 Å². The molecule has 112 valence electrons. The highest BCUT2D eigenvalue weighted by atomic mass is 31.2. The lowest BCUT2D eigenvalue weighted by atomic mass is 9.92. The Morgan fingerprint density at radius 1 is 1.47 bits per heavy atom. The smallest absolute Gasteiger partial charge is 0.429 e. The van der Waals surface area contributed by atoms with Crippen molar-refractivity contribution < 1.29 is 28.4 Å². The molecule has 0 aliphatic heterocycles. The third-order valence-corrected chi connectivity index (χ3v) is 3.49. The van der Waals surface area contributed by atoms with Crippen LogP contribution >= 0.6 is 7.82 Å². The van der Waals surface area contributed by atoms with E-state index >= 15 is 0 Å². The molecular weight excluding hydrogens is 271 g/mol. The third-order valence-electron chi connectivity index (χ3n) is 2.95. The van der Waals surface area contributed by atoms with Crippen molar-refractivity contribution in [2.45, 2.75) is 52.2 Å². The number of phosphoric ester groups is 1. The third kappa shape index (κ3) is 6.34. The van der Waals surface area contributed by atoms with Gasteiger partial charge < -0.3 is 14.5 Å². The van der Waals surface area contributed by atoms with Crippen LogP contribution in [0.15, 0.2) is 12.7 Å². The molecule has 0 aromatic heterocycles. The molecule has 0 bridgehead atoms. The summed E-state index contributed by atoms with van der Waals surface area (Å²) >= 11 is 0. The molecule has 0 rings (SSSR count). The molecule has 0 aromatic carbocycles. The Bertz CT molecular complexity index is 350. The Hall–Kier alpha value is -0.680. The van der Waals surface area contributed by atoms with Crippen molar-refractivity contribution in [2.24, 2.45) is 5.92 Å². The van der Waals surface area contributed by atoms with E-state index in [9.17, 15) is 9.36 Å². The maximum atomic E-state index is 11.4. The largest absolute Gasteiger partial charge is 0.472 e. The molecule has 0 heterocycles. The number of hydrogen-bond donors (Lipinski definition) is 2. The van der Waals surface area contributed by atoms with E-state index in [2.05, 4.69) is 6.58 Å². The molecule has 0 saturated heterocycles. The van der Waals surface area contributed by atoms with Gasteiger partial charge in [-0.1, -0.05) is 40.2 Å². The Kier molecular flexibility index (Phi) is 7.52. The van der Waals surface area contributed by atoms with Gasteiger partial charge in [0.25, 0.3) is 0 Å².